The number of methoxy groups -OCH3 is 1. The molecular formula is C25H24N4O3. The van der Waals surface area contributed by atoms with Gasteiger partial charge in [0.25, 0.3) is 0 Å². The molecule has 4 aromatic rings. The van der Waals surface area contributed by atoms with Crippen molar-refractivity contribution in [1.82, 2.24) is 9.38 Å². The molecule has 7 heteroatoms. The van der Waals surface area contributed by atoms with E-state index < -0.39 is 5.97 Å². The topological polar surface area (TPSA) is 75.9 Å². The van der Waals surface area contributed by atoms with Gasteiger partial charge in [-0.3, -0.25) is 4.79 Å². The molecule has 0 bridgehead atoms. The molecule has 2 aromatic carbocycles. The van der Waals surface area contributed by atoms with Gasteiger partial charge in [0.2, 0.25) is 5.91 Å². The van der Waals surface area contributed by atoms with Crippen molar-refractivity contribution in [3.63, 3.8) is 0 Å². The van der Waals surface area contributed by atoms with Gasteiger partial charge in [-0.2, -0.15) is 0 Å². The van der Waals surface area contributed by atoms with Crippen LogP contribution in [0.25, 0.3) is 16.6 Å². The Morgan fingerprint density at radius 3 is 2.50 bits per heavy atom. The lowest BCUT2D eigenvalue weighted by atomic mass is 9.95. The van der Waals surface area contributed by atoms with Crippen molar-refractivity contribution < 1.29 is 14.3 Å². The van der Waals surface area contributed by atoms with E-state index in [9.17, 15) is 9.59 Å². The van der Waals surface area contributed by atoms with E-state index in [1.54, 1.807) is 24.3 Å². The third-order valence-corrected chi connectivity index (χ3v) is 6.10. The van der Waals surface area contributed by atoms with Crippen LogP contribution in [0.1, 0.15) is 23.2 Å². The van der Waals surface area contributed by atoms with Crippen molar-refractivity contribution in [2.45, 2.75) is 12.8 Å². The maximum absolute atomic E-state index is 12.9. The molecule has 0 saturated carbocycles. The van der Waals surface area contributed by atoms with Crippen molar-refractivity contribution in [2.24, 2.45) is 5.92 Å². The van der Waals surface area contributed by atoms with E-state index in [0.717, 1.165) is 35.5 Å². The third-order valence-electron chi connectivity index (χ3n) is 6.10. The Bertz CT molecular complexity index is 1310. The first-order valence-corrected chi connectivity index (χ1v) is 10.7. The van der Waals surface area contributed by atoms with Gasteiger partial charge in [0.1, 0.15) is 0 Å². The van der Waals surface area contributed by atoms with Crippen LogP contribution in [0.2, 0.25) is 0 Å². The lowest BCUT2D eigenvalue weighted by molar-refractivity contribution is -0.120. The first-order chi connectivity index (χ1) is 15.7. The summed E-state index contributed by atoms with van der Waals surface area (Å²) in [5.74, 6) is 0.290. The Morgan fingerprint density at radius 2 is 1.69 bits per heavy atom. The quantitative estimate of drug-likeness (QED) is 0.495. The van der Waals surface area contributed by atoms with Crippen LogP contribution in [-0.4, -0.2) is 41.5 Å². The number of para-hydroxylation sites is 3. The molecule has 0 atom stereocenters. The SMILES string of the molecule is COC(=O)c1ccccc1NC(=O)C1CCN(c2nc3ccccc3n3cccc23)CC1. The average Bonchev–Trinajstić information content (AvgIpc) is 3.34. The number of esters is 1. The van der Waals surface area contributed by atoms with Crippen LogP contribution in [-0.2, 0) is 9.53 Å². The lowest BCUT2D eigenvalue weighted by Crippen LogP contribution is -2.39. The zero-order valence-corrected chi connectivity index (χ0v) is 17.8. The number of aromatic nitrogens is 2. The molecule has 162 valence electrons. The first kappa shape index (κ1) is 20.1. The smallest absolute Gasteiger partial charge is 0.339 e. The number of piperidine rings is 1. The van der Waals surface area contributed by atoms with E-state index in [0.29, 0.717) is 24.1 Å². The van der Waals surface area contributed by atoms with Crippen LogP contribution in [0.4, 0.5) is 11.5 Å². The van der Waals surface area contributed by atoms with Gasteiger partial charge in [0.15, 0.2) is 5.82 Å². The Balaban J connectivity index is 1.32. The van der Waals surface area contributed by atoms with E-state index >= 15 is 0 Å². The second kappa shape index (κ2) is 8.34. The van der Waals surface area contributed by atoms with Crippen molar-refractivity contribution in [3.05, 3.63) is 72.4 Å². The summed E-state index contributed by atoms with van der Waals surface area (Å²) in [5.41, 5.74) is 3.94. The molecule has 2 aromatic heterocycles. The molecule has 32 heavy (non-hydrogen) atoms. The number of nitrogens with zero attached hydrogens (tertiary/aromatic N) is 3. The summed E-state index contributed by atoms with van der Waals surface area (Å²) in [5, 5.41) is 2.92. The van der Waals surface area contributed by atoms with E-state index in [1.807, 2.05) is 24.3 Å². The minimum Gasteiger partial charge on any atom is -0.465 e. The highest BCUT2D eigenvalue weighted by molar-refractivity contribution is 6.02. The summed E-state index contributed by atoms with van der Waals surface area (Å²) in [4.78, 5) is 32.1. The Labute approximate surface area is 185 Å². The predicted octanol–water partition coefficient (Wildman–Crippen LogP) is 4.13. The zero-order valence-electron chi connectivity index (χ0n) is 17.8. The van der Waals surface area contributed by atoms with Crippen LogP contribution in [0.5, 0.6) is 0 Å². The van der Waals surface area contributed by atoms with Crippen LogP contribution >= 0.6 is 0 Å². The maximum Gasteiger partial charge on any atom is 0.339 e. The van der Waals surface area contributed by atoms with E-state index in [1.165, 1.54) is 7.11 Å². The minimum absolute atomic E-state index is 0.0692. The molecule has 0 unspecified atom stereocenters. The molecule has 3 heterocycles. The number of anilines is 2. The normalized spacial score (nSPS) is 14.6. The van der Waals surface area contributed by atoms with Gasteiger partial charge in [0, 0.05) is 25.2 Å². The van der Waals surface area contributed by atoms with Crippen molar-refractivity contribution in [3.8, 4) is 0 Å². The fourth-order valence-electron chi connectivity index (χ4n) is 4.41. The molecule has 1 N–H and O–H groups in total. The second-order valence-corrected chi connectivity index (χ2v) is 7.98. The number of rotatable bonds is 4. The number of ether oxygens (including phenoxy) is 1. The number of amides is 1. The number of nitrogens with one attached hydrogen (secondary N) is 1. The first-order valence-electron chi connectivity index (χ1n) is 10.7. The van der Waals surface area contributed by atoms with Gasteiger partial charge in [0.05, 0.1) is 34.9 Å². The summed E-state index contributed by atoms with van der Waals surface area (Å²) in [6.07, 6.45) is 3.49. The highest BCUT2D eigenvalue weighted by Crippen LogP contribution is 2.29. The van der Waals surface area contributed by atoms with Gasteiger partial charge in [-0.1, -0.05) is 24.3 Å². The Kier molecular flexibility index (Phi) is 5.23. The monoisotopic (exact) mass is 428 g/mol. The van der Waals surface area contributed by atoms with Crippen LogP contribution < -0.4 is 10.2 Å². The number of hydrogen-bond donors (Lipinski definition) is 1. The predicted molar refractivity (Wildman–Crippen MR) is 124 cm³/mol. The lowest BCUT2D eigenvalue weighted by Gasteiger charge is -2.32. The summed E-state index contributed by atoms with van der Waals surface area (Å²) < 4.78 is 6.99. The number of fused-ring (bicyclic) bond motifs is 3. The molecule has 1 saturated heterocycles. The molecule has 1 amide bonds. The standard InChI is InChI=1S/C25H24N4O3/c1-32-25(31)18-7-2-3-8-19(18)27-24(30)17-12-15-28(16-13-17)23-22-11-6-14-29(22)21-10-5-4-9-20(21)26-23/h2-11,14,17H,12-13,15-16H2,1H3,(H,27,30). The molecule has 0 radical (unpaired) electrons. The highest BCUT2D eigenvalue weighted by Gasteiger charge is 2.27. The second-order valence-electron chi connectivity index (χ2n) is 7.98. The largest absolute Gasteiger partial charge is 0.465 e. The highest BCUT2D eigenvalue weighted by atomic mass is 16.5. The van der Waals surface area contributed by atoms with E-state index in [2.05, 4.69) is 32.9 Å². The molecular weight excluding hydrogens is 404 g/mol. The summed E-state index contributed by atoms with van der Waals surface area (Å²) in [6.45, 7) is 1.48. The van der Waals surface area contributed by atoms with Crippen molar-refractivity contribution in [1.29, 1.82) is 0 Å². The van der Waals surface area contributed by atoms with Gasteiger partial charge in [-0.15, -0.1) is 0 Å². The summed E-state index contributed by atoms with van der Waals surface area (Å²) >= 11 is 0. The molecule has 1 fully saturated rings. The number of carbonyl (C=O) groups excluding carboxylic acids is 2. The maximum atomic E-state index is 12.9. The molecule has 0 spiro atoms. The molecule has 1 aliphatic heterocycles. The molecule has 0 aliphatic carbocycles. The zero-order chi connectivity index (χ0) is 22.1. The number of carbonyl (C=O) groups is 2. The fourth-order valence-corrected chi connectivity index (χ4v) is 4.41. The Morgan fingerprint density at radius 1 is 0.969 bits per heavy atom. The van der Waals surface area contributed by atoms with Gasteiger partial charge >= 0.3 is 5.97 Å². The van der Waals surface area contributed by atoms with E-state index in [4.69, 9.17) is 9.72 Å². The number of hydrogen-bond acceptors (Lipinski definition) is 5. The van der Waals surface area contributed by atoms with Crippen LogP contribution in [0.3, 0.4) is 0 Å². The third kappa shape index (κ3) is 3.56. The molecule has 5 rings (SSSR count). The fraction of sp³-hybridized carbons (Fsp3) is 0.240. The van der Waals surface area contributed by atoms with Gasteiger partial charge < -0.3 is 19.4 Å². The summed E-state index contributed by atoms with van der Waals surface area (Å²) in [7, 11) is 1.33. The molecule has 1 aliphatic rings. The van der Waals surface area contributed by atoms with Gasteiger partial charge in [-0.25, -0.2) is 9.78 Å². The molecule has 7 nitrogen and oxygen atoms in total. The number of benzene rings is 2. The van der Waals surface area contributed by atoms with Crippen molar-refractivity contribution >= 4 is 39.9 Å². The summed E-state index contributed by atoms with van der Waals surface area (Å²) in [6, 6.07) is 19.1. The average molecular weight is 428 g/mol. The van der Waals surface area contributed by atoms with Crippen LogP contribution in [0.15, 0.2) is 66.9 Å². The van der Waals surface area contributed by atoms with Crippen LogP contribution in [0, 0.1) is 5.92 Å². The minimum atomic E-state index is -0.464. The van der Waals surface area contributed by atoms with Crippen molar-refractivity contribution in [2.75, 3.05) is 30.4 Å². The Hall–Kier alpha value is -3.87. The van der Waals surface area contributed by atoms with Gasteiger partial charge in [-0.05, 0) is 49.2 Å². The van der Waals surface area contributed by atoms with E-state index in [-0.39, 0.29) is 11.8 Å².